The number of nitrogens with two attached hydrogens (primary N) is 1. The lowest BCUT2D eigenvalue weighted by molar-refractivity contribution is -0.143. The number of aromatic hydroxyl groups is 2. The summed E-state index contributed by atoms with van der Waals surface area (Å²) in [6.07, 6.45) is -0.0935. The van der Waals surface area contributed by atoms with E-state index in [1.54, 1.807) is 52.1 Å². The number of hydrogen-bond donors (Lipinski definition) is 10. The summed E-state index contributed by atoms with van der Waals surface area (Å²) >= 11 is 0. The quantitative estimate of drug-likeness (QED) is 0.0390. The van der Waals surface area contributed by atoms with Gasteiger partial charge in [0.15, 0.2) is 17.3 Å². The maximum Gasteiger partial charge on any atom is 0.303 e. The first-order valence-corrected chi connectivity index (χ1v) is 30.6. The Kier molecular flexibility index (Phi) is 33.9. The van der Waals surface area contributed by atoms with Gasteiger partial charge in [-0.05, 0) is 132 Å². The first-order chi connectivity index (χ1) is 40.6. The topological polar surface area (TPSA) is 350 Å². The summed E-state index contributed by atoms with van der Waals surface area (Å²) in [5.74, 6) is -9.88. The van der Waals surface area contributed by atoms with Crippen LogP contribution in [0.15, 0.2) is 48.5 Å². The largest absolute Gasteiger partial charge is 0.508 e. The van der Waals surface area contributed by atoms with E-state index in [1.807, 2.05) is 41.5 Å². The monoisotopic (exact) mass is 1200 g/mol. The lowest BCUT2D eigenvalue weighted by Gasteiger charge is -2.33. The fourth-order valence-corrected chi connectivity index (χ4v) is 10.2. The van der Waals surface area contributed by atoms with Gasteiger partial charge in [0, 0.05) is 76.3 Å². The van der Waals surface area contributed by atoms with E-state index in [-0.39, 0.29) is 124 Å². The number of nitrogens with zero attached hydrogens (tertiary/aromatic N) is 1. The van der Waals surface area contributed by atoms with Crippen LogP contribution >= 0.6 is 0 Å². The molecule has 22 nitrogen and oxygen atoms in total. The number of likely N-dealkylation sites (N-methyl/N-ethyl adjacent to an activating group) is 2. The van der Waals surface area contributed by atoms with Crippen LogP contribution in [0.25, 0.3) is 0 Å². The number of phenolic OH excluding ortho intramolecular Hbond substituents is 2. The third kappa shape index (κ3) is 26.7. The highest BCUT2D eigenvalue weighted by Crippen LogP contribution is 2.25. The zero-order valence-electron chi connectivity index (χ0n) is 52.6. The number of carbonyl (C=O) groups is 11. The van der Waals surface area contributed by atoms with E-state index >= 15 is 0 Å². The van der Waals surface area contributed by atoms with Crippen molar-refractivity contribution in [2.24, 2.45) is 41.2 Å². The molecule has 0 aliphatic carbocycles. The molecule has 22 heteroatoms. The summed E-state index contributed by atoms with van der Waals surface area (Å²) < 4.78 is 0. The highest BCUT2D eigenvalue weighted by atomic mass is 16.4. The Hall–Kier alpha value is -7.07. The van der Waals surface area contributed by atoms with Crippen LogP contribution < -0.4 is 37.6 Å². The van der Waals surface area contributed by atoms with Crippen molar-refractivity contribution in [1.82, 2.24) is 36.8 Å². The standard InChI is InChI=1S/C64H100N8O14/c1-12-40(8)48(62(84)70-51(32-39(6)7)56(77)36-45(60(82)67-14-3)33-42-18-22-46(73)23-19-42)37-57(78)49(13-2)69-63(85)53(17-15-16-30-65)72(11)64(86)52(34-43-20-24-47(74)25-21-43)71-61(83)44(31-38(4)5)35-55(76)50(26-29-59(80)81)68-58(79)28-27-54(75)41(9)66-10/h18-25,38-41,44-45,48-53,66,73-74H,12-17,26-37,65H2,1-11H3,(H,67,82)(H,68,79)(H,69,85)(H,70,84)(H,71,83)(H,80,81)/t40-,41-,44+,45+,48-,49-,50-,51-,52-,53-/m0/s1. The molecule has 480 valence electrons. The van der Waals surface area contributed by atoms with E-state index in [9.17, 15) is 68.1 Å². The van der Waals surface area contributed by atoms with Crippen LogP contribution in [0.3, 0.4) is 0 Å². The van der Waals surface area contributed by atoms with Crippen LogP contribution in [0, 0.1) is 35.5 Å². The molecule has 2 aromatic carbocycles. The number of carboxylic acid groups (broad SMARTS) is 1. The van der Waals surface area contributed by atoms with Crippen LogP contribution in [-0.2, 0) is 65.6 Å². The van der Waals surface area contributed by atoms with Gasteiger partial charge in [0.05, 0.1) is 24.2 Å². The molecule has 11 N–H and O–H groups in total. The molecule has 2 rings (SSSR count). The fraction of sp³-hybridized carbons (Fsp3) is 0.641. The lowest BCUT2D eigenvalue weighted by Crippen LogP contribution is -2.57. The molecule has 0 unspecified atom stereocenters. The summed E-state index contributed by atoms with van der Waals surface area (Å²) in [4.78, 5) is 153. The molecule has 0 saturated carbocycles. The molecule has 0 bridgehead atoms. The SMILES string of the molecule is CCNC(=O)[C@@H](CC(=O)[C@H](CC(C)C)NC(=O)[C@@H](CC(=O)[C@H](CC)NC(=O)[C@H](CCCCN)N(C)C(=O)[C@H](Cc1ccc(O)cc1)NC(=O)[C@@H](CC(=O)[C@H](CCC(=O)O)NC(=O)CCC(=O)[C@H](C)NC)CC(C)C)[C@@H](C)CC)Cc1ccc(O)cc1. The number of unbranched alkanes of at least 4 members (excludes halogenated alkanes) is 1. The van der Waals surface area contributed by atoms with Crippen molar-refractivity contribution in [3.63, 3.8) is 0 Å². The van der Waals surface area contributed by atoms with Gasteiger partial charge in [-0.1, -0.05) is 79.2 Å². The zero-order valence-corrected chi connectivity index (χ0v) is 52.6. The highest BCUT2D eigenvalue weighted by molar-refractivity contribution is 5.98. The van der Waals surface area contributed by atoms with E-state index in [2.05, 4.69) is 31.9 Å². The minimum Gasteiger partial charge on any atom is -0.508 e. The zero-order chi connectivity index (χ0) is 64.8. The Balaban J connectivity index is 2.50. The Bertz CT molecular complexity index is 2540. The molecule has 6 amide bonds. The summed E-state index contributed by atoms with van der Waals surface area (Å²) in [6, 6.07) is 5.77. The normalized spacial score (nSPS) is 14.9. The first-order valence-electron chi connectivity index (χ1n) is 30.6. The van der Waals surface area contributed by atoms with Crippen molar-refractivity contribution < 1.29 is 68.1 Å². The number of carbonyl (C=O) groups excluding carboxylic acids is 10. The van der Waals surface area contributed by atoms with Crippen molar-refractivity contribution in [3.8, 4) is 11.5 Å². The second kappa shape index (κ2) is 38.9. The maximum atomic E-state index is 15.0. The molecular formula is C64H100N8O14. The predicted octanol–water partition coefficient (Wildman–Crippen LogP) is 5.01. The smallest absolute Gasteiger partial charge is 0.303 e. The molecule has 0 saturated heterocycles. The third-order valence-electron chi connectivity index (χ3n) is 15.7. The average Bonchev–Trinajstić information content (AvgIpc) is 2.10. The molecule has 0 spiro atoms. The molecule has 10 atom stereocenters. The fourth-order valence-electron chi connectivity index (χ4n) is 10.2. The average molecular weight is 1210 g/mol. The summed E-state index contributed by atoms with van der Waals surface area (Å²) in [5, 5.41) is 46.3. The molecule has 0 radical (unpaired) electrons. The van der Waals surface area contributed by atoms with E-state index < -0.39 is 114 Å². The van der Waals surface area contributed by atoms with Gasteiger partial charge in [0.2, 0.25) is 35.4 Å². The Morgan fingerprint density at radius 1 is 0.547 bits per heavy atom. The van der Waals surface area contributed by atoms with E-state index in [1.165, 1.54) is 36.2 Å². The van der Waals surface area contributed by atoms with Gasteiger partial charge in [-0.2, -0.15) is 0 Å². The molecule has 86 heavy (non-hydrogen) atoms. The number of carboxylic acids is 1. The minimum absolute atomic E-state index is 0.0473. The molecule has 0 aliphatic rings. The molecule has 0 fully saturated rings. The molecule has 0 aromatic heterocycles. The number of Topliss-reactive ketones (excluding diaryl/α,β-unsaturated/α-hetero) is 4. The third-order valence-corrected chi connectivity index (χ3v) is 15.7. The van der Waals surface area contributed by atoms with Gasteiger partial charge in [-0.15, -0.1) is 0 Å². The van der Waals surface area contributed by atoms with Gasteiger partial charge in [0.25, 0.3) is 0 Å². The number of hydrogen-bond acceptors (Lipinski definition) is 15. The number of phenols is 2. The number of rotatable bonds is 43. The number of aliphatic carboxylic acids is 1. The molecule has 0 aliphatic heterocycles. The number of amides is 6. The van der Waals surface area contributed by atoms with Crippen LogP contribution in [0.5, 0.6) is 11.5 Å². The molecule has 0 heterocycles. The van der Waals surface area contributed by atoms with Crippen LogP contribution in [0.4, 0.5) is 0 Å². The van der Waals surface area contributed by atoms with Crippen molar-refractivity contribution in [1.29, 1.82) is 0 Å². The minimum atomic E-state index is -1.37. The van der Waals surface area contributed by atoms with Gasteiger partial charge in [-0.3, -0.25) is 52.7 Å². The summed E-state index contributed by atoms with van der Waals surface area (Å²) in [6.45, 7) is 16.9. The van der Waals surface area contributed by atoms with Crippen molar-refractivity contribution in [3.05, 3.63) is 59.7 Å². The number of nitrogens with one attached hydrogen (secondary N) is 6. The van der Waals surface area contributed by atoms with Gasteiger partial charge < -0.3 is 57.9 Å². The van der Waals surface area contributed by atoms with E-state index in [0.717, 1.165) is 5.56 Å². The van der Waals surface area contributed by atoms with Crippen molar-refractivity contribution >= 4 is 64.5 Å². The van der Waals surface area contributed by atoms with E-state index in [0.29, 0.717) is 31.4 Å². The van der Waals surface area contributed by atoms with Crippen LogP contribution in [0.1, 0.15) is 163 Å². The van der Waals surface area contributed by atoms with Gasteiger partial charge in [-0.25, -0.2) is 0 Å². The van der Waals surface area contributed by atoms with Gasteiger partial charge in [0.1, 0.15) is 29.4 Å². The highest BCUT2D eigenvalue weighted by Gasteiger charge is 2.38. The number of ketones is 4. The predicted molar refractivity (Wildman–Crippen MR) is 327 cm³/mol. The van der Waals surface area contributed by atoms with Crippen LogP contribution in [-0.4, -0.2) is 148 Å². The first kappa shape index (κ1) is 75.0. The van der Waals surface area contributed by atoms with E-state index in [4.69, 9.17) is 5.73 Å². The molecule has 2 aromatic rings. The van der Waals surface area contributed by atoms with Crippen molar-refractivity contribution in [2.45, 2.75) is 201 Å². The second-order valence-corrected chi connectivity index (χ2v) is 23.7. The molecular weight excluding hydrogens is 1100 g/mol. The van der Waals surface area contributed by atoms with Crippen LogP contribution in [0.2, 0.25) is 0 Å². The Morgan fingerprint density at radius 2 is 1.08 bits per heavy atom. The Morgan fingerprint density at radius 3 is 1.60 bits per heavy atom. The second-order valence-electron chi connectivity index (χ2n) is 23.7. The summed E-state index contributed by atoms with van der Waals surface area (Å²) in [5.41, 5.74) is 7.13. The van der Waals surface area contributed by atoms with Gasteiger partial charge >= 0.3 is 5.97 Å². The Labute approximate surface area is 508 Å². The summed E-state index contributed by atoms with van der Waals surface area (Å²) in [7, 11) is 2.99. The maximum absolute atomic E-state index is 15.0. The number of benzene rings is 2. The van der Waals surface area contributed by atoms with Crippen molar-refractivity contribution in [2.75, 3.05) is 27.2 Å². The lowest BCUT2D eigenvalue weighted by atomic mass is 9.84.